The molecular weight excluding hydrogens is 294 g/mol. The second-order valence-corrected chi connectivity index (χ2v) is 6.02. The molecule has 1 amide bonds. The van der Waals surface area contributed by atoms with Crippen molar-refractivity contribution in [2.24, 2.45) is 5.92 Å². The second kappa shape index (κ2) is 6.23. The number of anilines is 1. The van der Waals surface area contributed by atoms with E-state index in [2.05, 4.69) is 21.2 Å². The molecule has 1 atom stereocenters. The van der Waals surface area contributed by atoms with Crippen molar-refractivity contribution in [3.8, 4) is 5.75 Å². The van der Waals surface area contributed by atoms with Crippen LogP contribution in [0.5, 0.6) is 5.75 Å². The summed E-state index contributed by atoms with van der Waals surface area (Å²) in [6.07, 6.45) is 0. The summed E-state index contributed by atoms with van der Waals surface area (Å²) in [6, 6.07) is 5.41. The van der Waals surface area contributed by atoms with Crippen LogP contribution < -0.4 is 5.32 Å². The van der Waals surface area contributed by atoms with E-state index in [4.69, 9.17) is 0 Å². The topological polar surface area (TPSA) is 49.3 Å². The Balaban J connectivity index is 2.92. The van der Waals surface area contributed by atoms with E-state index in [1.807, 2.05) is 39.8 Å². The third kappa shape index (κ3) is 3.48. The standard InChI is InChI=1S/C14H20BrNO2/c1-8(2)10-6-5-7-11(13(10)17)16-14(18)12(15)9(3)4/h5-9,12,17H,1-4H3,(H,16,18)/t12-/m1/s1. The van der Waals surface area contributed by atoms with E-state index in [1.165, 1.54) is 0 Å². The molecule has 3 nitrogen and oxygen atoms in total. The van der Waals surface area contributed by atoms with Crippen molar-refractivity contribution >= 4 is 27.5 Å². The zero-order valence-electron chi connectivity index (χ0n) is 11.2. The van der Waals surface area contributed by atoms with Crippen LogP contribution in [0.3, 0.4) is 0 Å². The number of para-hydroxylation sites is 1. The fourth-order valence-electron chi connectivity index (χ4n) is 1.63. The molecule has 0 saturated heterocycles. The molecule has 0 heterocycles. The van der Waals surface area contributed by atoms with Crippen molar-refractivity contribution in [2.45, 2.75) is 38.4 Å². The Morgan fingerprint density at radius 1 is 1.28 bits per heavy atom. The molecule has 0 aliphatic rings. The lowest BCUT2D eigenvalue weighted by Gasteiger charge is -2.16. The maximum absolute atomic E-state index is 11.9. The number of rotatable bonds is 4. The van der Waals surface area contributed by atoms with Crippen molar-refractivity contribution in [3.63, 3.8) is 0 Å². The third-order valence-corrected chi connectivity index (χ3v) is 4.26. The van der Waals surface area contributed by atoms with Gasteiger partial charge in [-0.25, -0.2) is 0 Å². The third-order valence-electron chi connectivity index (χ3n) is 2.78. The molecule has 4 heteroatoms. The first-order valence-electron chi connectivity index (χ1n) is 6.11. The number of phenols is 1. The summed E-state index contributed by atoms with van der Waals surface area (Å²) in [5.74, 6) is 0.428. The van der Waals surface area contributed by atoms with E-state index in [0.717, 1.165) is 5.56 Å². The van der Waals surface area contributed by atoms with Crippen LogP contribution in [-0.2, 0) is 4.79 Å². The molecular formula is C14H20BrNO2. The van der Waals surface area contributed by atoms with Gasteiger partial charge in [0.15, 0.2) is 0 Å². The average Bonchev–Trinajstić information content (AvgIpc) is 2.30. The quantitative estimate of drug-likeness (QED) is 0.654. The Hall–Kier alpha value is -1.03. The van der Waals surface area contributed by atoms with Gasteiger partial charge in [0.1, 0.15) is 5.75 Å². The number of amides is 1. The fourth-order valence-corrected chi connectivity index (χ4v) is 1.75. The Morgan fingerprint density at radius 2 is 1.89 bits per heavy atom. The number of carbonyl (C=O) groups excluding carboxylic acids is 1. The Labute approximate surface area is 117 Å². The normalized spacial score (nSPS) is 12.8. The minimum absolute atomic E-state index is 0.138. The van der Waals surface area contributed by atoms with Crippen LogP contribution in [0.4, 0.5) is 5.69 Å². The number of halogens is 1. The maximum atomic E-state index is 11.9. The van der Waals surface area contributed by atoms with Crippen molar-refractivity contribution in [1.29, 1.82) is 0 Å². The zero-order chi connectivity index (χ0) is 13.9. The molecule has 1 aromatic carbocycles. The summed E-state index contributed by atoms with van der Waals surface area (Å²) in [4.78, 5) is 11.7. The summed E-state index contributed by atoms with van der Waals surface area (Å²) in [6.45, 7) is 7.93. The molecule has 0 bridgehead atoms. The van der Waals surface area contributed by atoms with Gasteiger partial charge in [0.05, 0.1) is 10.5 Å². The lowest BCUT2D eigenvalue weighted by molar-refractivity contribution is -0.116. The fraction of sp³-hybridized carbons (Fsp3) is 0.500. The summed E-state index contributed by atoms with van der Waals surface area (Å²) < 4.78 is 0. The number of carbonyl (C=O) groups is 1. The second-order valence-electron chi connectivity index (χ2n) is 5.03. The van der Waals surface area contributed by atoms with Crippen LogP contribution in [-0.4, -0.2) is 15.8 Å². The van der Waals surface area contributed by atoms with Crippen molar-refractivity contribution < 1.29 is 9.90 Å². The van der Waals surface area contributed by atoms with Gasteiger partial charge in [-0.15, -0.1) is 0 Å². The summed E-state index contributed by atoms with van der Waals surface area (Å²) in [7, 11) is 0. The first-order valence-corrected chi connectivity index (χ1v) is 7.03. The summed E-state index contributed by atoms with van der Waals surface area (Å²) in [5, 5.41) is 12.8. The highest BCUT2D eigenvalue weighted by Crippen LogP contribution is 2.32. The summed E-state index contributed by atoms with van der Waals surface area (Å²) in [5.41, 5.74) is 1.31. The molecule has 18 heavy (non-hydrogen) atoms. The van der Waals surface area contributed by atoms with Gasteiger partial charge in [-0.1, -0.05) is 55.8 Å². The highest BCUT2D eigenvalue weighted by atomic mass is 79.9. The number of phenolic OH excluding ortho intramolecular Hbond substituents is 1. The van der Waals surface area contributed by atoms with Crippen LogP contribution in [0, 0.1) is 5.92 Å². The van der Waals surface area contributed by atoms with Crippen molar-refractivity contribution in [3.05, 3.63) is 23.8 Å². The van der Waals surface area contributed by atoms with Gasteiger partial charge < -0.3 is 10.4 Å². The molecule has 0 aromatic heterocycles. The van der Waals surface area contributed by atoms with Crippen LogP contribution in [0.15, 0.2) is 18.2 Å². The summed E-state index contributed by atoms with van der Waals surface area (Å²) >= 11 is 3.34. The maximum Gasteiger partial charge on any atom is 0.238 e. The van der Waals surface area contributed by atoms with Crippen LogP contribution in [0.2, 0.25) is 0 Å². The van der Waals surface area contributed by atoms with E-state index in [1.54, 1.807) is 6.07 Å². The van der Waals surface area contributed by atoms with E-state index >= 15 is 0 Å². The van der Waals surface area contributed by atoms with Gasteiger partial charge in [-0.05, 0) is 23.5 Å². The molecule has 1 aromatic rings. The number of aromatic hydroxyl groups is 1. The van der Waals surface area contributed by atoms with E-state index in [9.17, 15) is 9.90 Å². The minimum atomic E-state index is -0.264. The lowest BCUT2D eigenvalue weighted by Crippen LogP contribution is -2.27. The molecule has 0 saturated carbocycles. The van der Waals surface area contributed by atoms with E-state index < -0.39 is 0 Å². The highest BCUT2D eigenvalue weighted by molar-refractivity contribution is 9.10. The highest BCUT2D eigenvalue weighted by Gasteiger charge is 2.20. The molecule has 1 rings (SSSR count). The van der Waals surface area contributed by atoms with E-state index in [-0.39, 0.29) is 28.3 Å². The van der Waals surface area contributed by atoms with Gasteiger partial charge in [-0.2, -0.15) is 0 Å². The number of nitrogens with one attached hydrogen (secondary N) is 1. The van der Waals surface area contributed by atoms with Gasteiger partial charge in [0.25, 0.3) is 0 Å². The SMILES string of the molecule is CC(C)c1cccc(NC(=O)[C@H](Br)C(C)C)c1O. The molecule has 0 unspecified atom stereocenters. The largest absolute Gasteiger partial charge is 0.505 e. The Kier molecular flexibility index (Phi) is 5.20. The van der Waals surface area contributed by atoms with Gasteiger partial charge in [0, 0.05) is 0 Å². The molecule has 0 aliphatic carbocycles. The predicted molar refractivity (Wildman–Crippen MR) is 78.4 cm³/mol. The average molecular weight is 314 g/mol. The molecule has 0 fully saturated rings. The molecule has 0 radical (unpaired) electrons. The lowest BCUT2D eigenvalue weighted by atomic mass is 10.0. The molecule has 100 valence electrons. The van der Waals surface area contributed by atoms with Crippen LogP contribution in [0.1, 0.15) is 39.2 Å². The molecule has 0 spiro atoms. The van der Waals surface area contributed by atoms with Crippen molar-refractivity contribution in [1.82, 2.24) is 0 Å². The first-order chi connectivity index (χ1) is 8.34. The van der Waals surface area contributed by atoms with Gasteiger partial charge in [-0.3, -0.25) is 4.79 Å². The monoisotopic (exact) mass is 313 g/mol. The van der Waals surface area contributed by atoms with Gasteiger partial charge in [0.2, 0.25) is 5.91 Å². The van der Waals surface area contributed by atoms with Crippen LogP contribution >= 0.6 is 15.9 Å². The number of benzene rings is 1. The number of alkyl halides is 1. The first kappa shape index (κ1) is 15.0. The van der Waals surface area contributed by atoms with Crippen LogP contribution in [0.25, 0.3) is 0 Å². The Bertz CT molecular complexity index is 430. The number of hydrogen-bond acceptors (Lipinski definition) is 2. The number of hydrogen-bond donors (Lipinski definition) is 2. The van der Waals surface area contributed by atoms with Gasteiger partial charge >= 0.3 is 0 Å². The van der Waals surface area contributed by atoms with Crippen molar-refractivity contribution in [2.75, 3.05) is 5.32 Å². The Morgan fingerprint density at radius 3 is 2.39 bits per heavy atom. The zero-order valence-corrected chi connectivity index (χ0v) is 12.8. The van der Waals surface area contributed by atoms with E-state index in [0.29, 0.717) is 5.69 Å². The predicted octanol–water partition coefficient (Wildman–Crippen LogP) is 3.87. The minimum Gasteiger partial charge on any atom is -0.505 e. The molecule has 2 N–H and O–H groups in total. The molecule has 0 aliphatic heterocycles. The smallest absolute Gasteiger partial charge is 0.238 e.